The van der Waals surface area contributed by atoms with Crippen LogP contribution in [0.1, 0.15) is 84.5 Å². The van der Waals surface area contributed by atoms with E-state index in [2.05, 4.69) is 168 Å². The van der Waals surface area contributed by atoms with Crippen LogP contribution < -0.4 is 0 Å². The normalized spacial score (nSPS) is 14.0. The maximum atomic E-state index is 8.82. The molecular formula is C53H50N2. The molecule has 0 amide bonds. The van der Waals surface area contributed by atoms with Crippen LogP contribution in [0, 0.1) is 0 Å². The van der Waals surface area contributed by atoms with Crippen molar-refractivity contribution >= 4 is 43.6 Å². The van der Waals surface area contributed by atoms with E-state index in [4.69, 9.17) is 6.85 Å². The minimum atomic E-state index is -0.398. The first kappa shape index (κ1) is 29.5. The molecular weight excluding hydrogens is 665 g/mol. The lowest BCUT2D eigenvalue weighted by molar-refractivity contribution is 0.590. The summed E-state index contributed by atoms with van der Waals surface area (Å²) in [6, 6.07) is 44.2. The monoisotopic (exact) mass is 719 g/mol. The van der Waals surface area contributed by atoms with Crippen LogP contribution in [-0.2, 0) is 16.2 Å². The van der Waals surface area contributed by atoms with Gasteiger partial charge in [-0.3, -0.25) is 0 Å². The Balaban J connectivity index is 1.31. The minimum absolute atomic E-state index is 0.0154. The van der Waals surface area contributed by atoms with Gasteiger partial charge in [0, 0.05) is 38.3 Å². The maximum absolute atomic E-state index is 8.82. The Morgan fingerprint density at radius 3 is 1.38 bits per heavy atom. The van der Waals surface area contributed by atoms with Gasteiger partial charge < -0.3 is 9.13 Å². The first-order valence-corrected chi connectivity index (χ1v) is 19.3. The fourth-order valence-electron chi connectivity index (χ4n) is 8.26. The molecule has 0 radical (unpaired) electrons. The number of fused-ring (bicyclic) bond motifs is 6. The van der Waals surface area contributed by atoms with E-state index in [1.165, 1.54) is 33.0 Å². The smallest absolute Gasteiger partial charge is 0.0629 e. The Kier molecular flexibility index (Phi) is 6.76. The van der Waals surface area contributed by atoms with Gasteiger partial charge in [0.25, 0.3) is 0 Å². The van der Waals surface area contributed by atoms with E-state index in [1.54, 1.807) is 0 Å². The second-order valence-electron chi connectivity index (χ2n) is 17.6. The van der Waals surface area contributed by atoms with Crippen LogP contribution >= 0.6 is 0 Å². The molecule has 0 saturated carbocycles. The van der Waals surface area contributed by atoms with Crippen molar-refractivity contribution in [1.82, 2.24) is 9.13 Å². The zero-order valence-corrected chi connectivity index (χ0v) is 33.0. The second-order valence-corrected chi connectivity index (χ2v) is 17.6. The molecule has 0 bridgehead atoms. The summed E-state index contributed by atoms with van der Waals surface area (Å²) >= 11 is 0. The van der Waals surface area contributed by atoms with Gasteiger partial charge >= 0.3 is 0 Å². The number of hydrogen-bond acceptors (Lipinski definition) is 0. The van der Waals surface area contributed by atoms with Crippen LogP contribution in [0.2, 0.25) is 0 Å². The number of aromatic nitrogens is 2. The fourth-order valence-corrected chi connectivity index (χ4v) is 8.26. The molecule has 0 aliphatic carbocycles. The topological polar surface area (TPSA) is 9.86 Å². The predicted molar refractivity (Wildman–Crippen MR) is 237 cm³/mol. The van der Waals surface area contributed by atoms with Gasteiger partial charge in [-0.1, -0.05) is 146 Å². The predicted octanol–water partition coefficient (Wildman–Crippen LogP) is 14.5. The third-order valence-electron chi connectivity index (χ3n) is 11.6. The molecule has 2 heteroatoms. The van der Waals surface area contributed by atoms with Crippen LogP contribution in [0.15, 0.2) is 158 Å². The van der Waals surface area contributed by atoms with E-state index >= 15 is 0 Å². The van der Waals surface area contributed by atoms with Gasteiger partial charge in [0.15, 0.2) is 0 Å². The zero-order valence-electron chi connectivity index (χ0n) is 38.0. The summed E-state index contributed by atoms with van der Waals surface area (Å²) in [5.41, 5.74) is 11.8. The van der Waals surface area contributed by atoms with Crippen LogP contribution in [-0.4, -0.2) is 9.13 Å². The highest BCUT2D eigenvalue weighted by Crippen LogP contribution is 2.41. The summed E-state index contributed by atoms with van der Waals surface area (Å²) < 4.78 is 47.4. The standard InChI is InChI=1S/C53H50N2/c1-51(2,3)39-22-28-48-44(32-39)45-33-40(52(4,5)6)23-29-49(45)55(48)42-26-30-50-46(34-42)43-31-36(35-15-11-9-12-16-35)19-27-47(43)54(50)41-24-20-38(21-25-41)53(7,8)37-17-13-10-14-18-37/h9-34H,1-8H3/i9D,11D,12D,15D,16D. The van der Waals surface area contributed by atoms with Crippen molar-refractivity contribution in [3.05, 3.63) is 180 Å². The van der Waals surface area contributed by atoms with Gasteiger partial charge in [-0.2, -0.15) is 0 Å². The summed E-state index contributed by atoms with van der Waals surface area (Å²) in [7, 11) is 0. The van der Waals surface area contributed by atoms with Crippen molar-refractivity contribution in [2.75, 3.05) is 0 Å². The van der Waals surface area contributed by atoms with Gasteiger partial charge in [-0.05, 0) is 111 Å². The molecule has 0 fully saturated rings. The fraction of sp³-hybridized carbons (Fsp3) is 0.208. The first-order chi connectivity index (χ1) is 28.4. The van der Waals surface area contributed by atoms with Crippen molar-refractivity contribution in [3.63, 3.8) is 0 Å². The van der Waals surface area contributed by atoms with Gasteiger partial charge in [-0.15, -0.1) is 0 Å². The molecule has 0 spiro atoms. The van der Waals surface area contributed by atoms with Gasteiger partial charge in [0.1, 0.15) is 0 Å². The lowest BCUT2D eigenvalue weighted by atomic mass is 9.78. The van der Waals surface area contributed by atoms with Crippen LogP contribution in [0.4, 0.5) is 0 Å². The highest BCUT2D eigenvalue weighted by molar-refractivity contribution is 6.13. The molecule has 0 N–H and O–H groups in total. The Morgan fingerprint density at radius 1 is 0.382 bits per heavy atom. The van der Waals surface area contributed by atoms with Gasteiger partial charge in [-0.25, -0.2) is 0 Å². The van der Waals surface area contributed by atoms with E-state index in [-0.39, 0.29) is 46.0 Å². The molecule has 272 valence electrons. The summed E-state index contributed by atoms with van der Waals surface area (Å²) in [4.78, 5) is 0. The van der Waals surface area contributed by atoms with Gasteiger partial charge in [0.2, 0.25) is 0 Å². The van der Waals surface area contributed by atoms with E-state index in [0.29, 0.717) is 5.56 Å². The lowest BCUT2D eigenvalue weighted by Crippen LogP contribution is -2.18. The first-order valence-electron chi connectivity index (χ1n) is 21.8. The highest BCUT2D eigenvalue weighted by atomic mass is 15.0. The average molecular weight is 720 g/mol. The van der Waals surface area contributed by atoms with Crippen LogP contribution in [0.3, 0.4) is 0 Å². The maximum Gasteiger partial charge on any atom is 0.0629 e. The second kappa shape index (κ2) is 12.6. The van der Waals surface area contributed by atoms with Crippen molar-refractivity contribution in [2.24, 2.45) is 0 Å². The Morgan fingerprint density at radius 2 is 0.818 bits per heavy atom. The largest absolute Gasteiger partial charge is 0.309 e. The number of nitrogens with zero attached hydrogens (tertiary/aromatic N) is 2. The summed E-state index contributed by atoms with van der Waals surface area (Å²) in [6.07, 6.45) is 0. The third-order valence-corrected chi connectivity index (χ3v) is 11.6. The third kappa shape index (κ3) is 5.87. The average Bonchev–Trinajstić information content (AvgIpc) is 3.73. The number of benzene rings is 7. The molecule has 0 unspecified atom stereocenters. The highest BCUT2D eigenvalue weighted by Gasteiger charge is 2.24. The molecule has 2 heterocycles. The van der Waals surface area contributed by atoms with Crippen molar-refractivity contribution in [2.45, 2.75) is 71.6 Å². The van der Waals surface area contributed by atoms with E-state index in [0.717, 1.165) is 44.2 Å². The quantitative estimate of drug-likeness (QED) is 0.168. The summed E-state index contributed by atoms with van der Waals surface area (Å²) in [5, 5.41) is 4.36. The zero-order chi connectivity index (χ0) is 42.6. The molecule has 0 atom stereocenters. The Bertz CT molecular complexity index is 3070. The molecule has 0 aliphatic rings. The van der Waals surface area contributed by atoms with Crippen molar-refractivity contribution < 1.29 is 6.85 Å². The number of hydrogen-bond donors (Lipinski definition) is 0. The molecule has 0 saturated heterocycles. The Hall–Kier alpha value is -5.86. The van der Waals surface area contributed by atoms with E-state index in [1.807, 2.05) is 24.3 Å². The summed E-state index contributed by atoms with van der Waals surface area (Å²) in [6.45, 7) is 18.1. The van der Waals surface area contributed by atoms with Gasteiger partial charge in [0.05, 0.1) is 28.9 Å². The van der Waals surface area contributed by atoms with Crippen molar-refractivity contribution in [3.8, 4) is 22.5 Å². The lowest BCUT2D eigenvalue weighted by Gasteiger charge is -2.26. The SMILES string of the molecule is [2H]c1c([2H])c([2H])c(-c2ccc3c(c2)c2cc(-n4c5ccc(C(C)(C)C)cc5c5cc(C(C)(C)C)ccc54)ccc2n3-c2ccc(C(C)(C)c3ccccc3)cc2)c([2H])c1[2H]. The number of rotatable bonds is 5. The Labute approximate surface area is 332 Å². The molecule has 9 rings (SSSR count). The molecule has 0 aliphatic heterocycles. The summed E-state index contributed by atoms with van der Waals surface area (Å²) in [5.74, 6) is 0. The van der Waals surface area contributed by atoms with E-state index < -0.39 is 6.04 Å². The minimum Gasteiger partial charge on any atom is -0.309 e. The van der Waals surface area contributed by atoms with E-state index in [9.17, 15) is 0 Å². The molecule has 2 aromatic heterocycles. The molecule has 55 heavy (non-hydrogen) atoms. The molecule has 9 aromatic rings. The van der Waals surface area contributed by atoms with Crippen molar-refractivity contribution in [1.29, 1.82) is 0 Å². The van der Waals surface area contributed by atoms with Crippen LogP contribution in [0.25, 0.3) is 66.1 Å². The van der Waals surface area contributed by atoms with Crippen LogP contribution in [0.5, 0.6) is 0 Å². The molecule has 7 aromatic carbocycles. The molecule has 2 nitrogen and oxygen atoms in total.